The Labute approximate surface area is 160 Å². The maximum atomic E-state index is 13.4. The first-order valence-electron chi connectivity index (χ1n) is 8.87. The van der Waals surface area contributed by atoms with Crippen LogP contribution < -0.4 is 5.32 Å². The predicted octanol–water partition coefficient (Wildman–Crippen LogP) is 2.61. The predicted molar refractivity (Wildman–Crippen MR) is 90.3 cm³/mol. The molecule has 2 N–H and O–H groups in total. The summed E-state index contributed by atoms with van der Waals surface area (Å²) in [6.07, 6.45) is 0.201. The Balaban J connectivity index is 2.68. The third kappa shape index (κ3) is 6.03. The minimum Gasteiger partial charge on any atom is -0.465 e. The number of hydrogen-bond acceptors (Lipinski definition) is 5. The van der Waals surface area contributed by atoms with Gasteiger partial charge < -0.3 is 10.1 Å². The van der Waals surface area contributed by atoms with E-state index in [1.54, 1.807) is 0 Å². The molecular weight excluding hydrogens is 410 g/mol. The summed E-state index contributed by atoms with van der Waals surface area (Å²) < 4.78 is 86.9. The zero-order valence-corrected chi connectivity index (χ0v) is 16.4. The van der Waals surface area contributed by atoms with Crippen molar-refractivity contribution in [2.24, 2.45) is 17.8 Å². The molecule has 12 heteroatoms. The van der Waals surface area contributed by atoms with Crippen LogP contribution in [0.3, 0.4) is 0 Å². The Hall–Kier alpha value is -1.43. The summed E-state index contributed by atoms with van der Waals surface area (Å²) in [5, 5.41) is -3.02. The highest BCUT2D eigenvalue weighted by Crippen LogP contribution is 2.40. The largest absolute Gasteiger partial charge is 0.465 e. The number of halogens is 4. The Kier molecular flexibility index (Phi) is 8.24. The smallest absolute Gasteiger partial charge is 0.431 e. The van der Waals surface area contributed by atoms with Gasteiger partial charge in [-0.2, -0.15) is 26.0 Å². The number of rotatable bonds is 9. The van der Waals surface area contributed by atoms with Crippen molar-refractivity contribution in [3.63, 3.8) is 0 Å². The highest BCUT2D eigenvalue weighted by Gasteiger charge is 2.65. The van der Waals surface area contributed by atoms with Crippen LogP contribution in [0.4, 0.5) is 17.6 Å². The zero-order valence-electron chi connectivity index (χ0n) is 15.6. The number of carbonyl (C=O) groups excluding carboxylic acids is 2. The van der Waals surface area contributed by atoms with E-state index in [0.717, 1.165) is 0 Å². The SMILES string of the molecule is CC(C)CNC(=O)C1CCCCC1C(=O)OCCC(F)(F)C(F)(F)S(=O)(=O)O. The second-order valence-electron chi connectivity index (χ2n) is 7.25. The maximum absolute atomic E-state index is 13.4. The molecule has 0 heterocycles. The summed E-state index contributed by atoms with van der Waals surface area (Å²) in [4.78, 5) is 24.4. The molecule has 0 saturated heterocycles. The molecule has 1 amide bonds. The number of esters is 1. The van der Waals surface area contributed by atoms with Crippen LogP contribution in [0.5, 0.6) is 0 Å². The van der Waals surface area contributed by atoms with Gasteiger partial charge in [0.1, 0.15) is 0 Å². The second kappa shape index (κ2) is 9.38. The van der Waals surface area contributed by atoms with E-state index in [4.69, 9.17) is 4.55 Å². The van der Waals surface area contributed by atoms with Crippen molar-refractivity contribution in [1.82, 2.24) is 5.32 Å². The van der Waals surface area contributed by atoms with Gasteiger partial charge >= 0.3 is 27.3 Å². The lowest BCUT2D eigenvalue weighted by molar-refractivity contribution is -0.177. The molecule has 0 spiro atoms. The van der Waals surface area contributed by atoms with E-state index in [1.807, 2.05) is 13.8 Å². The first-order valence-corrected chi connectivity index (χ1v) is 10.3. The molecule has 2 atom stereocenters. The van der Waals surface area contributed by atoms with Crippen LogP contribution in [-0.4, -0.2) is 49.2 Å². The average Bonchev–Trinajstić information content (AvgIpc) is 2.58. The highest BCUT2D eigenvalue weighted by molar-refractivity contribution is 7.87. The van der Waals surface area contributed by atoms with Gasteiger partial charge in [0.05, 0.1) is 24.9 Å². The van der Waals surface area contributed by atoms with E-state index in [9.17, 15) is 35.6 Å². The molecule has 0 aliphatic heterocycles. The summed E-state index contributed by atoms with van der Waals surface area (Å²) in [5.74, 6) is -7.89. The number of nitrogens with one attached hydrogen (secondary N) is 1. The monoisotopic (exact) mass is 435 g/mol. The van der Waals surface area contributed by atoms with Gasteiger partial charge in [0.15, 0.2) is 0 Å². The topological polar surface area (TPSA) is 110 Å². The summed E-state index contributed by atoms with van der Waals surface area (Å²) in [5.41, 5.74) is 0. The van der Waals surface area contributed by atoms with Crippen molar-refractivity contribution in [2.45, 2.75) is 57.1 Å². The van der Waals surface area contributed by atoms with E-state index >= 15 is 0 Å². The lowest BCUT2D eigenvalue weighted by atomic mass is 9.78. The fourth-order valence-corrected chi connectivity index (χ4v) is 3.36. The molecule has 1 aliphatic rings. The molecule has 0 aromatic rings. The molecule has 2 unspecified atom stereocenters. The van der Waals surface area contributed by atoms with Crippen LogP contribution in [0.25, 0.3) is 0 Å². The van der Waals surface area contributed by atoms with Gasteiger partial charge in [0, 0.05) is 6.54 Å². The third-order valence-electron chi connectivity index (χ3n) is 4.50. The van der Waals surface area contributed by atoms with Crippen molar-refractivity contribution in [3.05, 3.63) is 0 Å². The number of amides is 1. The van der Waals surface area contributed by atoms with Gasteiger partial charge in [-0.1, -0.05) is 26.7 Å². The lowest BCUT2D eigenvalue weighted by Gasteiger charge is -2.29. The summed E-state index contributed by atoms with van der Waals surface area (Å²) >= 11 is 0. The second-order valence-corrected chi connectivity index (χ2v) is 8.71. The van der Waals surface area contributed by atoms with E-state index in [-0.39, 0.29) is 18.2 Å². The molecule has 1 saturated carbocycles. The van der Waals surface area contributed by atoms with Gasteiger partial charge in [0.2, 0.25) is 5.91 Å². The van der Waals surface area contributed by atoms with E-state index < -0.39 is 52.1 Å². The third-order valence-corrected chi connectivity index (χ3v) is 5.45. The van der Waals surface area contributed by atoms with Crippen molar-refractivity contribution in [3.8, 4) is 0 Å². The number of hydrogen-bond donors (Lipinski definition) is 2. The first-order chi connectivity index (χ1) is 12.7. The van der Waals surface area contributed by atoms with E-state index in [0.29, 0.717) is 25.8 Å². The maximum Gasteiger partial charge on any atom is 0.431 e. The zero-order chi connectivity index (χ0) is 21.8. The fourth-order valence-electron chi connectivity index (χ4n) is 2.88. The molecule has 1 fully saturated rings. The van der Waals surface area contributed by atoms with Gasteiger partial charge in [-0.3, -0.25) is 14.1 Å². The summed E-state index contributed by atoms with van der Waals surface area (Å²) in [6, 6.07) is 0. The summed E-state index contributed by atoms with van der Waals surface area (Å²) in [6.45, 7) is 2.98. The number of carbonyl (C=O) groups is 2. The first kappa shape index (κ1) is 24.6. The lowest BCUT2D eigenvalue weighted by Crippen LogP contribution is -2.47. The molecule has 0 radical (unpaired) electrons. The minimum absolute atomic E-state index is 0.185. The Morgan fingerprint density at radius 1 is 1.14 bits per heavy atom. The Morgan fingerprint density at radius 2 is 1.68 bits per heavy atom. The van der Waals surface area contributed by atoms with E-state index in [1.165, 1.54) is 0 Å². The Bertz CT molecular complexity index is 668. The van der Waals surface area contributed by atoms with Crippen molar-refractivity contribution < 1.29 is 44.9 Å². The van der Waals surface area contributed by atoms with Crippen LogP contribution in [0.2, 0.25) is 0 Å². The number of ether oxygens (including phenoxy) is 1. The molecule has 0 aromatic carbocycles. The molecule has 28 heavy (non-hydrogen) atoms. The van der Waals surface area contributed by atoms with Crippen LogP contribution >= 0.6 is 0 Å². The van der Waals surface area contributed by atoms with Crippen LogP contribution in [0.1, 0.15) is 46.0 Å². The van der Waals surface area contributed by atoms with Crippen LogP contribution in [0, 0.1) is 17.8 Å². The minimum atomic E-state index is -6.34. The molecule has 0 aromatic heterocycles. The van der Waals surface area contributed by atoms with Crippen molar-refractivity contribution >= 4 is 22.0 Å². The van der Waals surface area contributed by atoms with Crippen molar-refractivity contribution in [2.75, 3.05) is 13.2 Å². The van der Waals surface area contributed by atoms with Crippen LogP contribution in [0.15, 0.2) is 0 Å². The molecule has 7 nitrogen and oxygen atoms in total. The van der Waals surface area contributed by atoms with Crippen LogP contribution in [-0.2, 0) is 24.4 Å². The fraction of sp³-hybridized carbons (Fsp3) is 0.875. The van der Waals surface area contributed by atoms with Gasteiger partial charge in [0.25, 0.3) is 0 Å². The van der Waals surface area contributed by atoms with Gasteiger partial charge in [-0.25, -0.2) is 0 Å². The molecule has 1 rings (SSSR count). The van der Waals surface area contributed by atoms with Gasteiger partial charge in [-0.15, -0.1) is 0 Å². The average molecular weight is 435 g/mol. The Morgan fingerprint density at radius 3 is 2.18 bits per heavy atom. The summed E-state index contributed by atoms with van der Waals surface area (Å²) in [7, 11) is -6.34. The quantitative estimate of drug-likeness (QED) is 0.327. The normalized spacial score (nSPS) is 21.4. The highest BCUT2D eigenvalue weighted by atomic mass is 32.2. The van der Waals surface area contributed by atoms with E-state index in [2.05, 4.69) is 10.1 Å². The molecule has 0 bridgehead atoms. The molecule has 164 valence electrons. The molecule has 1 aliphatic carbocycles. The van der Waals surface area contributed by atoms with Crippen molar-refractivity contribution in [1.29, 1.82) is 0 Å². The van der Waals surface area contributed by atoms with Gasteiger partial charge in [-0.05, 0) is 18.8 Å². The molecular formula is C16H25F4NO6S. The standard InChI is InChI=1S/C16H25F4NO6S/c1-10(2)9-21-13(22)11-5-3-4-6-12(11)14(23)27-8-7-15(17,18)16(19,20)28(24,25)26/h10-12H,3-9H2,1-2H3,(H,21,22)(H,24,25,26). The number of alkyl halides is 4.